The molecule has 0 unspecified atom stereocenters. The van der Waals surface area contributed by atoms with Crippen LogP contribution in [-0.2, 0) is 19.5 Å². The van der Waals surface area contributed by atoms with Crippen LogP contribution in [0.15, 0.2) is 27.7 Å². The van der Waals surface area contributed by atoms with Gasteiger partial charge < -0.3 is 24.5 Å². The van der Waals surface area contributed by atoms with Gasteiger partial charge in [-0.05, 0) is 0 Å². The highest BCUT2D eigenvalue weighted by Gasteiger charge is 2.23. The van der Waals surface area contributed by atoms with Crippen molar-refractivity contribution in [3.05, 3.63) is 45.7 Å². The fraction of sp³-hybridized carbons (Fsp3) is 0.400. The number of carbonyl (C=O) groups excluding carboxylic acids is 1. The molecule has 0 radical (unpaired) electrons. The van der Waals surface area contributed by atoms with E-state index in [0.29, 0.717) is 48.8 Å². The summed E-state index contributed by atoms with van der Waals surface area (Å²) in [5.41, 5.74) is 1.56. The van der Waals surface area contributed by atoms with Crippen LogP contribution in [0.2, 0.25) is 0 Å². The van der Waals surface area contributed by atoms with Crippen LogP contribution in [0.5, 0.6) is 5.75 Å². The van der Waals surface area contributed by atoms with Gasteiger partial charge >= 0.3 is 0 Å². The van der Waals surface area contributed by atoms with E-state index < -0.39 is 0 Å². The van der Waals surface area contributed by atoms with Crippen molar-refractivity contribution in [2.45, 2.75) is 19.5 Å². The summed E-state index contributed by atoms with van der Waals surface area (Å²) in [6, 6.07) is 3.04. The van der Waals surface area contributed by atoms with E-state index in [0.717, 1.165) is 0 Å². The Kier molecular flexibility index (Phi) is 5.99. The average Bonchev–Trinajstić information content (AvgIpc) is 2.95. The van der Waals surface area contributed by atoms with Crippen molar-refractivity contribution < 1.29 is 14.1 Å². The van der Waals surface area contributed by atoms with Gasteiger partial charge in [0.1, 0.15) is 23.3 Å². The van der Waals surface area contributed by atoms with Gasteiger partial charge in [-0.3, -0.25) is 9.59 Å². The van der Waals surface area contributed by atoms with Crippen LogP contribution in [0, 0.1) is 0 Å². The second-order valence-corrected chi connectivity index (χ2v) is 5.20. The molecule has 2 N–H and O–H groups in total. The van der Waals surface area contributed by atoms with Crippen molar-refractivity contribution in [1.29, 1.82) is 0 Å². The number of rotatable bonds is 4. The summed E-state index contributed by atoms with van der Waals surface area (Å²) in [7, 11) is 1.45. The molecule has 0 aliphatic carbocycles. The third kappa shape index (κ3) is 3.60. The molecule has 0 saturated heterocycles. The van der Waals surface area contributed by atoms with E-state index >= 15 is 0 Å². The first-order valence-electron chi connectivity index (χ1n) is 7.39. The molecule has 8 nitrogen and oxygen atoms in total. The highest BCUT2D eigenvalue weighted by atomic mass is 35.5. The van der Waals surface area contributed by atoms with E-state index in [9.17, 15) is 9.59 Å². The van der Waals surface area contributed by atoms with Gasteiger partial charge in [-0.25, -0.2) is 0 Å². The average molecular weight is 355 g/mol. The zero-order chi connectivity index (χ0) is 16.2. The Labute approximate surface area is 144 Å². The topological polar surface area (TPSA) is 98.4 Å². The molecule has 1 aliphatic heterocycles. The Morgan fingerprint density at radius 2 is 2.33 bits per heavy atom. The van der Waals surface area contributed by atoms with Gasteiger partial charge in [0.2, 0.25) is 0 Å². The molecule has 1 aliphatic rings. The summed E-state index contributed by atoms with van der Waals surface area (Å²) in [5, 5.41) is 9.77. The largest absolute Gasteiger partial charge is 0.496 e. The normalized spacial score (nSPS) is 13.4. The minimum atomic E-state index is -0.296. The van der Waals surface area contributed by atoms with E-state index in [4.69, 9.17) is 9.26 Å². The van der Waals surface area contributed by atoms with Gasteiger partial charge in [0.25, 0.3) is 11.5 Å². The lowest BCUT2D eigenvalue weighted by Crippen LogP contribution is -2.31. The predicted molar refractivity (Wildman–Crippen MR) is 88.7 cm³/mol. The van der Waals surface area contributed by atoms with Crippen molar-refractivity contribution in [3.63, 3.8) is 0 Å². The summed E-state index contributed by atoms with van der Waals surface area (Å²) in [6.45, 7) is 2.17. The number of hydrogen-bond acceptors (Lipinski definition) is 6. The molecular weight excluding hydrogens is 336 g/mol. The quantitative estimate of drug-likeness (QED) is 0.821. The van der Waals surface area contributed by atoms with Gasteiger partial charge in [-0.1, -0.05) is 5.16 Å². The zero-order valence-corrected chi connectivity index (χ0v) is 14.0. The number of fused-ring (bicyclic) bond motifs is 1. The van der Waals surface area contributed by atoms with Crippen molar-refractivity contribution >= 4 is 18.3 Å². The number of halogens is 1. The summed E-state index contributed by atoms with van der Waals surface area (Å²) in [6.07, 6.45) is 2.03. The van der Waals surface area contributed by atoms with E-state index in [-0.39, 0.29) is 30.4 Å². The molecule has 3 rings (SSSR count). The third-order valence-corrected chi connectivity index (χ3v) is 3.80. The molecule has 0 bridgehead atoms. The Hall–Kier alpha value is -2.32. The first-order chi connectivity index (χ1) is 11.2. The lowest BCUT2D eigenvalue weighted by Gasteiger charge is -2.17. The van der Waals surface area contributed by atoms with Gasteiger partial charge in [-0.2, -0.15) is 0 Å². The highest BCUT2D eigenvalue weighted by Crippen LogP contribution is 2.21. The first-order valence-corrected chi connectivity index (χ1v) is 7.39. The molecule has 9 heteroatoms. The molecule has 0 saturated carbocycles. The number of nitrogens with zero attached hydrogens (tertiary/aromatic N) is 2. The highest BCUT2D eigenvalue weighted by molar-refractivity contribution is 5.98. The summed E-state index contributed by atoms with van der Waals surface area (Å²) < 4.78 is 11.6. The minimum absolute atomic E-state index is 0. The van der Waals surface area contributed by atoms with Crippen LogP contribution in [0.25, 0.3) is 0 Å². The van der Waals surface area contributed by atoms with E-state index in [2.05, 4.69) is 15.8 Å². The molecule has 1 amide bonds. The van der Waals surface area contributed by atoms with Crippen molar-refractivity contribution in [1.82, 2.24) is 20.4 Å². The molecule has 3 heterocycles. The van der Waals surface area contributed by atoms with Crippen molar-refractivity contribution in [2.24, 2.45) is 0 Å². The number of amides is 1. The molecule has 0 spiro atoms. The number of carbonyl (C=O) groups is 1. The maximum Gasteiger partial charge on any atom is 0.257 e. The predicted octanol–water partition coefficient (Wildman–Crippen LogP) is 0.342. The number of nitrogens with one attached hydrogen (secondary N) is 2. The maximum absolute atomic E-state index is 12.6. The monoisotopic (exact) mass is 354 g/mol. The van der Waals surface area contributed by atoms with Crippen molar-refractivity contribution in [2.75, 3.05) is 20.2 Å². The number of pyridine rings is 1. The van der Waals surface area contributed by atoms with Crippen LogP contribution in [-0.4, -0.2) is 35.8 Å². The lowest BCUT2D eigenvalue weighted by molar-refractivity contribution is 0.0945. The SMILES string of the molecule is COc1cc(=O)n2c(c1C(=O)NCc1ccon1)CCNCC2.Cl. The minimum Gasteiger partial charge on any atom is -0.496 e. The smallest absolute Gasteiger partial charge is 0.257 e. The fourth-order valence-corrected chi connectivity index (χ4v) is 2.69. The zero-order valence-electron chi connectivity index (χ0n) is 13.2. The van der Waals surface area contributed by atoms with E-state index in [1.165, 1.54) is 19.4 Å². The summed E-state index contributed by atoms with van der Waals surface area (Å²) in [4.78, 5) is 24.8. The van der Waals surface area contributed by atoms with Crippen molar-refractivity contribution in [3.8, 4) is 5.75 Å². The third-order valence-electron chi connectivity index (χ3n) is 3.80. The molecule has 2 aromatic rings. The number of methoxy groups -OCH3 is 1. The molecule has 2 aromatic heterocycles. The van der Waals surface area contributed by atoms with Crippen LogP contribution >= 0.6 is 12.4 Å². The van der Waals surface area contributed by atoms with Gasteiger partial charge in [0, 0.05) is 43.9 Å². The van der Waals surface area contributed by atoms with Crippen LogP contribution in [0.3, 0.4) is 0 Å². The molecule has 0 aromatic carbocycles. The van der Waals surface area contributed by atoms with Gasteiger partial charge in [-0.15, -0.1) is 12.4 Å². The Balaban J connectivity index is 0.00000208. The molecular formula is C15H19ClN4O4. The lowest BCUT2D eigenvalue weighted by atomic mass is 10.1. The fourth-order valence-electron chi connectivity index (χ4n) is 2.69. The van der Waals surface area contributed by atoms with Crippen LogP contribution in [0.4, 0.5) is 0 Å². The maximum atomic E-state index is 12.6. The van der Waals surface area contributed by atoms with Crippen LogP contribution in [0.1, 0.15) is 21.7 Å². The first kappa shape index (κ1) is 18.0. The number of hydrogen-bond donors (Lipinski definition) is 2. The summed E-state index contributed by atoms with van der Waals surface area (Å²) in [5.74, 6) is -0.00342. The second-order valence-electron chi connectivity index (χ2n) is 5.20. The Morgan fingerprint density at radius 1 is 1.50 bits per heavy atom. The second kappa shape index (κ2) is 7.98. The van der Waals surface area contributed by atoms with Crippen LogP contribution < -0.4 is 20.9 Å². The van der Waals surface area contributed by atoms with Gasteiger partial charge in [0.15, 0.2) is 0 Å². The van der Waals surface area contributed by atoms with E-state index in [1.54, 1.807) is 10.6 Å². The van der Waals surface area contributed by atoms with Gasteiger partial charge in [0.05, 0.1) is 13.7 Å². The molecule has 0 fully saturated rings. The van der Waals surface area contributed by atoms with E-state index in [1.807, 2.05) is 0 Å². The molecule has 0 atom stereocenters. The standard InChI is InChI=1S/C15H18N4O4.ClH/c1-22-12-8-13(20)19-6-5-16-4-2-11(19)14(12)15(21)17-9-10-3-7-23-18-10;/h3,7-8,16H,2,4-6,9H2,1H3,(H,17,21);1H. The summed E-state index contributed by atoms with van der Waals surface area (Å²) >= 11 is 0. The molecule has 130 valence electrons. The Morgan fingerprint density at radius 3 is 3.04 bits per heavy atom. The molecule has 24 heavy (non-hydrogen) atoms. The number of aromatic nitrogens is 2. The number of ether oxygens (including phenoxy) is 1. The Bertz CT molecular complexity index is 758.